The number of aromatic nitrogens is 2. The molecule has 0 fully saturated rings. The topological polar surface area (TPSA) is 111 Å². The van der Waals surface area contributed by atoms with Crippen molar-refractivity contribution in [2.45, 2.75) is 6.92 Å². The van der Waals surface area contributed by atoms with Gasteiger partial charge in [0.2, 0.25) is 0 Å². The molecule has 1 aromatic heterocycles. The highest BCUT2D eigenvalue weighted by molar-refractivity contribution is 5.99. The molecule has 134 valence electrons. The van der Waals surface area contributed by atoms with Crippen LogP contribution in [-0.4, -0.2) is 28.1 Å². The molecular weight excluding hydrogens is 329 g/mol. The first-order chi connectivity index (χ1) is 11.8. The average molecular weight is 349 g/mol. The van der Waals surface area contributed by atoms with Crippen molar-refractivity contribution in [1.29, 1.82) is 0 Å². The minimum absolute atomic E-state index is 0.0433. The lowest BCUT2D eigenvalue weighted by molar-refractivity contribution is 0.0952. The Balaban J connectivity index is 2.64. The fraction of sp³-hybridized carbons (Fsp3) is 0.312. The number of carbonyl (C=O) groups is 1. The number of nitrogens with two attached hydrogens (primary N) is 1. The number of halogens is 1. The Morgan fingerprint density at radius 2 is 1.92 bits per heavy atom. The summed E-state index contributed by atoms with van der Waals surface area (Å²) < 4.78 is 16.0. The molecule has 0 bridgehead atoms. The lowest BCUT2D eigenvalue weighted by Crippen LogP contribution is -2.44. The summed E-state index contributed by atoms with van der Waals surface area (Å²) in [5.41, 5.74) is 4.39. The third-order valence-electron chi connectivity index (χ3n) is 3.70. The van der Waals surface area contributed by atoms with Gasteiger partial charge in [0, 0.05) is 27.2 Å². The van der Waals surface area contributed by atoms with Crippen LogP contribution in [0.1, 0.15) is 15.9 Å². The van der Waals surface area contributed by atoms with Crippen LogP contribution in [0, 0.1) is 12.7 Å². The predicted octanol–water partition coefficient (Wildman–Crippen LogP) is -0.0364. The van der Waals surface area contributed by atoms with Crippen molar-refractivity contribution < 1.29 is 9.18 Å². The number of benzene rings is 1. The summed E-state index contributed by atoms with van der Waals surface area (Å²) in [7, 11) is 2.65. The van der Waals surface area contributed by atoms with Crippen LogP contribution < -0.4 is 27.6 Å². The zero-order chi connectivity index (χ0) is 18.7. The molecule has 2 aromatic rings. The van der Waals surface area contributed by atoms with Gasteiger partial charge in [-0.15, -0.1) is 0 Å². The van der Waals surface area contributed by atoms with E-state index >= 15 is 0 Å². The van der Waals surface area contributed by atoms with Crippen molar-refractivity contribution in [3.8, 4) is 0 Å². The second-order valence-corrected chi connectivity index (χ2v) is 5.58. The molecule has 4 N–H and O–H groups in total. The molecule has 0 aliphatic carbocycles. The van der Waals surface area contributed by atoms with Crippen LogP contribution in [0.25, 0.3) is 0 Å². The van der Waals surface area contributed by atoms with E-state index in [9.17, 15) is 18.8 Å². The van der Waals surface area contributed by atoms with Crippen LogP contribution in [0.15, 0.2) is 27.8 Å². The number of hydrogen-bond acceptors (Lipinski definition) is 5. The lowest BCUT2D eigenvalue weighted by Gasteiger charge is -2.17. The van der Waals surface area contributed by atoms with E-state index in [0.717, 1.165) is 9.13 Å². The fourth-order valence-electron chi connectivity index (χ4n) is 2.32. The van der Waals surface area contributed by atoms with Crippen LogP contribution in [0.4, 0.5) is 15.9 Å². The molecule has 0 spiro atoms. The first kappa shape index (κ1) is 18.4. The number of anilines is 2. The largest absolute Gasteiger partial charge is 0.350 e. The van der Waals surface area contributed by atoms with Gasteiger partial charge in [-0.1, -0.05) is 6.07 Å². The van der Waals surface area contributed by atoms with Crippen molar-refractivity contribution in [2.24, 2.45) is 19.8 Å². The van der Waals surface area contributed by atoms with Gasteiger partial charge in [-0.05, 0) is 24.6 Å². The Labute approximate surface area is 143 Å². The molecule has 0 unspecified atom stereocenters. The summed E-state index contributed by atoms with van der Waals surface area (Å²) >= 11 is 0. The van der Waals surface area contributed by atoms with E-state index < -0.39 is 23.0 Å². The van der Waals surface area contributed by atoms with Crippen molar-refractivity contribution in [2.75, 3.05) is 18.4 Å². The standard InChI is InChI=1S/C16H20FN5O3/c1-9-4-5-11(10(17)8-9)20-13-12(14(23)19-7-6-18)15(24)22(3)16(25)21(13)2/h4-5,8,20H,6-7,18H2,1-3H3,(H,19,23). The van der Waals surface area contributed by atoms with Gasteiger partial charge >= 0.3 is 5.69 Å². The highest BCUT2D eigenvalue weighted by Gasteiger charge is 2.22. The van der Waals surface area contributed by atoms with E-state index in [1.54, 1.807) is 13.0 Å². The lowest BCUT2D eigenvalue weighted by atomic mass is 10.2. The average Bonchev–Trinajstić information content (AvgIpc) is 2.57. The smallest absolute Gasteiger partial charge is 0.332 e. The molecule has 1 aromatic carbocycles. The van der Waals surface area contributed by atoms with Gasteiger partial charge in [0.1, 0.15) is 17.2 Å². The zero-order valence-corrected chi connectivity index (χ0v) is 14.2. The molecule has 2 rings (SSSR count). The number of carbonyl (C=O) groups excluding carboxylic acids is 1. The van der Waals surface area contributed by atoms with Crippen LogP contribution in [0.2, 0.25) is 0 Å². The first-order valence-electron chi connectivity index (χ1n) is 7.59. The summed E-state index contributed by atoms with van der Waals surface area (Å²) in [5, 5.41) is 5.17. The normalized spacial score (nSPS) is 10.6. The molecule has 0 saturated carbocycles. The fourth-order valence-corrected chi connectivity index (χ4v) is 2.32. The number of nitrogens with zero attached hydrogens (tertiary/aromatic N) is 2. The monoisotopic (exact) mass is 349 g/mol. The number of aryl methyl sites for hydroxylation is 1. The molecule has 0 saturated heterocycles. The van der Waals surface area contributed by atoms with E-state index in [2.05, 4.69) is 10.6 Å². The molecular formula is C16H20FN5O3. The van der Waals surface area contributed by atoms with Gasteiger partial charge in [0.25, 0.3) is 11.5 Å². The number of amides is 1. The molecule has 0 radical (unpaired) electrons. The minimum atomic E-state index is -0.785. The molecule has 0 aliphatic rings. The van der Waals surface area contributed by atoms with E-state index in [0.29, 0.717) is 5.56 Å². The summed E-state index contributed by atoms with van der Waals surface area (Å²) in [6.07, 6.45) is 0. The number of hydrogen-bond donors (Lipinski definition) is 3. The highest BCUT2D eigenvalue weighted by Crippen LogP contribution is 2.21. The Morgan fingerprint density at radius 3 is 2.52 bits per heavy atom. The van der Waals surface area contributed by atoms with Crippen molar-refractivity contribution in [3.05, 3.63) is 56.0 Å². The summed E-state index contributed by atoms with van der Waals surface area (Å²) in [4.78, 5) is 37.0. The van der Waals surface area contributed by atoms with Gasteiger partial charge in [-0.2, -0.15) is 0 Å². The Morgan fingerprint density at radius 1 is 1.24 bits per heavy atom. The summed E-state index contributed by atoms with van der Waals surface area (Å²) in [6, 6.07) is 4.43. The second-order valence-electron chi connectivity index (χ2n) is 5.58. The molecule has 9 heteroatoms. The molecule has 0 atom stereocenters. The third-order valence-corrected chi connectivity index (χ3v) is 3.70. The van der Waals surface area contributed by atoms with Gasteiger partial charge in [0.05, 0.1) is 5.69 Å². The van der Waals surface area contributed by atoms with Gasteiger partial charge in [-0.25, -0.2) is 9.18 Å². The van der Waals surface area contributed by atoms with Gasteiger partial charge in [0.15, 0.2) is 0 Å². The minimum Gasteiger partial charge on any atom is -0.350 e. The van der Waals surface area contributed by atoms with Crippen molar-refractivity contribution >= 4 is 17.4 Å². The maximum absolute atomic E-state index is 14.1. The van der Waals surface area contributed by atoms with Gasteiger partial charge < -0.3 is 16.4 Å². The molecule has 25 heavy (non-hydrogen) atoms. The van der Waals surface area contributed by atoms with Crippen molar-refractivity contribution in [1.82, 2.24) is 14.5 Å². The third kappa shape index (κ3) is 3.61. The molecule has 1 amide bonds. The van der Waals surface area contributed by atoms with Crippen LogP contribution in [0.3, 0.4) is 0 Å². The summed E-state index contributed by atoms with van der Waals surface area (Å²) in [6.45, 7) is 2.07. The van der Waals surface area contributed by atoms with E-state index in [1.165, 1.54) is 26.2 Å². The van der Waals surface area contributed by atoms with Crippen LogP contribution in [0.5, 0.6) is 0 Å². The Kier molecular flexibility index (Phi) is 5.38. The number of rotatable bonds is 5. The molecule has 1 heterocycles. The zero-order valence-electron chi connectivity index (χ0n) is 14.2. The van der Waals surface area contributed by atoms with E-state index in [1.807, 2.05) is 0 Å². The Bertz CT molecular complexity index is 933. The highest BCUT2D eigenvalue weighted by atomic mass is 19.1. The van der Waals surface area contributed by atoms with E-state index in [-0.39, 0.29) is 30.2 Å². The first-order valence-corrected chi connectivity index (χ1v) is 7.59. The van der Waals surface area contributed by atoms with E-state index in [4.69, 9.17) is 5.73 Å². The quantitative estimate of drug-likeness (QED) is 0.702. The second kappa shape index (κ2) is 7.31. The Hall–Kier alpha value is -2.94. The maximum Gasteiger partial charge on any atom is 0.332 e. The van der Waals surface area contributed by atoms with Gasteiger partial charge in [-0.3, -0.25) is 18.7 Å². The summed E-state index contributed by atoms with van der Waals surface area (Å²) in [5.74, 6) is -1.36. The SMILES string of the molecule is Cc1ccc(Nc2c(C(=O)NCCN)c(=O)n(C)c(=O)n2C)c(F)c1. The van der Waals surface area contributed by atoms with Crippen LogP contribution in [-0.2, 0) is 14.1 Å². The van der Waals surface area contributed by atoms with Crippen LogP contribution >= 0.6 is 0 Å². The molecule has 0 aliphatic heterocycles. The maximum atomic E-state index is 14.1. The number of nitrogens with one attached hydrogen (secondary N) is 2. The predicted molar refractivity (Wildman–Crippen MR) is 92.7 cm³/mol. The van der Waals surface area contributed by atoms with Crippen molar-refractivity contribution in [3.63, 3.8) is 0 Å². The molecule has 8 nitrogen and oxygen atoms in total.